The normalized spacial score (nSPS) is 19.2. The largest absolute Gasteiger partial charge is 3.00 e. The third kappa shape index (κ3) is 39.4. The fourth-order valence-corrected chi connectivity index (χ4v) is 32.9. The summed E-state index contributed by atoms with van der Waals surface area (Å²) in [5.74, 6) is 5.66. The van der Waals surface area contributed by atoms with Crippen LogP contribution in [0.5, 0.6) is 0 Å². The van der Waals surface area contributed by atoms with E-state index in [2.05, 4.69) is 245 Å². The van der Waals surface area contributed by atoms with Crippen LogP contribution in [0.15, 0.2) is 105 Å². The van der Waals surface area contributed by atoms with Crippen molar-refractivity contribution in [2.24, 2.45) is 69.4 Å². The number of pyridine rings is 2. The Hall–Kier alpha value is -0.913. The molecule has 2 aromatic carbocycles. The van der Waals surface area contributed by atoms with Gasteiger partial charge in [0, 0.05) is 44.1 Å². The van der Waals surface area contributed by atoms with E-state index in [1.54, 1.807) is 12.4 Å². The molecule has 2 fully saturated rings. The molecule has 4 unspecified atom stereocenters. The van der Waals surface area contributed by atoms with E-state index in [4.69, 9.17) is 58.2 Å². The molecule has 2 heterocycles. The van der Waals surface area contributed by atoms with Gasteiger partial charge in [0.05, 0.1) is 91.0 Å². The maximum Gasteiger partial charge on any atom is 3.00 e. The minimum atomic E-state index is -0.0957. The van der Waals surface area contributed by atoms with Crippen LogP contribution in [-0.4, -0.2) is 104 Å². The number of fused-ring (bicyclic) bond motifs is 2. The molecule has 4 aromatic rings. The van der Waals surface area contributed by atoms with E-state index in [1.165, 1.54) is 0 Å². The van der Waals surface area contributed by atoms with Gasteiger partial charge in [0.25, 0.3) is 0 Å². The molecule has 6 nitrogen and oxygen atoms in total. The summed E-state index contributed by atoms with van der Waals surface area (Å²) in [4.78, 5) is 25.5. The van der Waals surface area contributed by atoms with Gasteiger partial charge in [0.2, 0.25) is 0 Å². The Morgan fingerprint density at radius 1 is 0.347 bits per heavy atom. The van der Waals surface area contributed by atoms with Crippen LogP contribution in [0.4, 0.5) is 0 Å². The number of carbonyl (C=O) groups excluding carboxylic acids is 2. The summed E-state index contributed by atoms with van der Waals surface area (Å²) >= 11 is 10.2. The summed E-state index contributed by atoms with van der Waals surface area (Å²) in [6, 6.07) is 20.2. The number of hydrogen-bond donors (Lipinski definition) is 0. The first kappa shape index (κ1) is 106. The number of azo groups is 1. The number of para-hydroxylation sites is 2. The molecule has 0 N–H and O–H groups in total. The Morgan fingerprint density at radius 2 is 0.531 bits per heavy atom. The van der Waals surface area contributed by atoms with Gasteiger partial charge in [-0.25, -0.2) is 0 Å². The van der Waals surface area contributed by atoms with Gasteiger partial charge in [-0.3, -0.25) is 35.7 Å². The first-order chi connectivity index (χ1) is 44.7. The molecule has 0 saturated heterocycles. The average molecular weight is 1640 g/mol. The van der Waals surface area contributed by atoms with Gasteiger partial charge in [-0.15, -0.1) is 9.79 Å². The number of nitrogens with zero attached hydrogens (tertiary/aromatic N) is 4. The van der Waals surface area contributed by atoms with Crippen LogP contribution in [0.1, 0.15) is 247 Å². The second-order valence-corrected chi connectivity index (χ2v) is 50.9. The summed E-state index contributed by atoms with van der Waals surface area (Å²) in [6.07, 6.45) is 12.0. The van der Waals surface area contributed by atoms with Crippen LogP contribution in [0.2, 0.25) is 0 Å². The van der Waals surface area contributed by atoms with Gasteiger partial charge in [-0.2, -0.15) is 10.2 Å². The summed E-state index contributed by atoms with van der Waals surface area (Å²) in [5.41, 5.74) is 13.1. The van der Waals surface area contributed by atoms with E-state index in [1.807, 2.05) is 72.8 Å². The van der Waals surface area contributed by atoms with Crippen molar-refractivity contribution in [3.05, 3.63) is 98.4 Å². The zero-order valence-corrected chi connectivity index (χ0v) is 77.3. The molecule has 98 heavy (non-hydrogen) atoms. The fourth-order valence-electron chi connectivity index (χ4n) is 16.4. The standard InChI is InChI=1S/C28H48N2.2C9H7NS.4C9H21P.2CHO.2Ru/c1-11-21-13-23(17(3)4)27(24(14-21)18(5)6)29-30-28-25(19(7)8)15-22(12-2)16-26(28)20(9)10;2*11-8-5-1-3-7-4-2-6-10-9(7)8;4*1-7(2)10(8(3)4)9(5)6;2*1-2;;/h1-2,11-12,17-28H,13-16H2,3-10H3;2*1-6,11H;4*7-9H,1-6H3;2*1H;;/q-2;;;;;;;2*-1;2*+3/p+2. The van der Waals surface area contributed by atoms with Crippen LogP contribution in [0, 0.1) is 72.3 Å². The fraction of sp³-hybridized carbons (Fsp3) is 0.714. The van der Waals surface area contributed by atoms with Crippen molar-refractivity contribution in [2.45, 2.75) is 337 Å². The van der Waals surface area contributed by atoms with E-state index < -0.39 is 0 Å². The molecule has 0 spiro atoms. The second-order valence-electron chi connectivity index (χ2n) is 32.2. The van der Waals surface area contributed by atoms with Crippen LogP contribution < -0.4 is 0 Å². The van der Waals surface area contributed by atoms with Crippen LogP contribution in [0.3, 0.4) is 0 Å². The minimum Gasteiger partial charge on any atom is -0.778 e. The molecule has 2 aliphatic carbocycles. The molecule has 2 saturated carbocycles. The number of hydrogen-bond acceptors (Lipinski definition) is 8. The SMILES string of the molecule is CC(C)[PH+](C(C)C)C(C)C.CC(C)[PH+](C(C)C)C(C)C.CC(C)[PH+](C(C)C)C(C)C.CC(C)[PH+](C(C)C)C(C)C.[CH-]=CC1CC(C(C)C)C(N=NC2C(C(C)C)CC(C=[CH-])CC2C(C)C)C(C(C)C)C1.[CH-]=O.[CH-]=O.[Ru+3].[Ru+3].[S-]c1cccc2cccnc12.[S-]c1cccc2cccnc12. The summed E-state index contributed by atoms with van der Waals surface area (Å²) in [7, 11) is -0.383. The van der Waals surface area contributed by atoms with Gasteiger partial charge < -0.3 is 48.0 Å². The Bertz CT molecular complexity index is 2300. The van der Waals surface area contributed by atoms with E-state index >= 15 is 0 Å². The summed E-state index contributed by atoms with van der Waals surface area (Å²) in [5, 5.41) is 12.7. The maximum atomic E-state index is 7.75. The molecule has 0 aliphatic heterocycles. The Morgan fingerprint density at radius 3 is 0.673 bits per heavy atom. The van der Waals surface area contributed by atoms with Crippen molar-refractivity contribution in [1.29, 1.82) is 0 Å². The van der Waals surface area contributed by atoms with Crippen molar-refractivity contribution in [2.75, 3.05) is 0 Å². The first-order valence-electron chi connectivity index (χ1n) is 37.2. The molecule has 2 aromatic heterocycles. The van der Waals surface area contributed by atoms with E-state index in [9.17, 15) is 0 Å². The third-order valence-electron chi connectivity index (χ3n) is 19.5. The number of rotatable bonds is 20. The molecular weight excluding hydrogens is 1490 g/mol. The van der Waals surface area contributed by atoms with E-state index in [0.29, 0.717) is 71.3 Å². The van der Waals surface area contributed by atoms with E-state index in [0.717, 1.165) is 125 Å². The molecule has 2 radical (unpaired) electrons. The summed E-state index contributed by atoms with van der Waals surface area (Å²) in [6.45, 7) is 94.1. The molecule has 14 heteroatoms. The Kier molecular flexibility index (Phi) is 61.9. The molecule has 4 atom stereocenters. The Labute approximate surface area is 650 Å². The van der Waals surface area contributed by atoms with Crippen molar-refractivity contribution < 1.29 is 48.5 Å². The smallest absolute Gasteiger partial charge is 0.778 e. The molecule has 2 aliphatic rings. The van der Waals surface area contributed by atoms with Gasteiger partial charge in [0.15, 0.2) is 0 Å². The number of allylic oxidation sites excluding steroid dienone is 2. The predicted octanol–water partition coefficient (Wildman–Crippen LogP) is 25.5. The number of aromatic nitrogens is 2. The molecule has 562 valence electrons. The molecule has 0 bridgehead atoms. The third-order valence-corrected chi connectivity index (χ3v) is 36.2. The van der Waals surface area contributed by atoms with Gasteiger partial charge in [-0.1, -0.05) is 116 Å². The molecule has 6 rings (SSSR count). The van der Waals surface area contributed by atoms with Gasteiger partial charge >= 0.3 is 39.0 Å². The van der Waals surface area contributed by atoms with Crippen LogP contribution in [0.25, 0.3) is 21.8 Å². The monoisotopic (exact) mass is 1640 g/mol. The van der Waals surface area contributed by atoms with E-state index in [-0.39, 0.29) is 70.6 Å². The quantitative estimate of drug-likeness (QED) is 0.0219. The van der Waals surface area contributed by atoms with Crippen LogP contribution >= 0.6 is 31.7 Å². The second kappa shape index (κ2) is 57.3. The minimum absolute atomic E-state index is 0. The molecular formula is C84H150N4O2P4Ru2S2+4. The molecule has 0 amide bonds. The predicted molar refractivity (Wildman–Crippen MR) is 452 cm³/mol. The van der Waals surface area contributed by atoms with Crippen molar-refractivity contribution >= 4 is 92.3 Å². The van der Waals surface area contributed by atoms with Gasteiger partial charge in [0.1, 0.15) is 0 Å². The first-order valence-corrected chi connectivity index (χ1v) is 44.9. The Balaban J connectivity index is -0.000000360. The average Bonchev–Trinajstić information content (AvgIpc) is 0.800. The van der Waals surface area contributed by atoms with Crippen LogP contribution in [-0.2, 0) is 73.8 Å². The summed E-state index contributed by atoms with van der Waals surface area (Å²) < 4.78 is 0. The zero-order valence-electron chi connectivity index (χ0n) is 68.2. The topological polar surface area (TPSA) is 84.6 Å². The van der Waals surface area contributed by atoms with Crippen molar-refractivity contribution in [1.82, 2.24) is 9.97 Å². The van der Waals surface area contributed by atoms with Crippen molar-refractivity contribution in [3.63, 3.8) is 0 Å². The number of benzene rings is 2. The maximum absolute atomic E-state index is 7.75. The zero-order chi connectivity index (χ0) is 75.2. The van der Waals surface area contributed by atoms with Gasteiger partial charge in [-0.05, 0) is 262 Å². The van der Waals surface area contributed by atoms with Crippen molar-refractivity contribution in [3.8, 4) is 0 Å².